The van der Waals surface area contributed by atoms with Gasteiger partial charge in [0.1, 0.15) is 5.82 Å². The lowest BCUT2D eigenvalue weighted by molar-refractivity contribution is 0.282. The second-order valence-corrected chi connectivity index (χ2v) is 5.04. The van der Waals surface area contributed by atoms with E-state index in [4.69, 9.17) is 5.26 Å². The van der Waals surface area contributed by atoms with Gasteiger partial charge < -0.3 is 10.1 Å². The quantitative estimate of drug-likeness (QED) is 0.772. The van der Waals surface area contributed by atoms with Crippen LogP contribution >= 0.6 is 0 Å². The first-order valence-corrected chi connectivity index (χ1v) is 6.77. The van der Waals surface area contributed by atoms with Crippen LogP contribution in [0.3, 0.4) is 0 Å². The number of hydrogen-bond donors (Lipinski definition) is 2. The summed E-state index contributed by atoms with van der Waals surface area (Å²) in [4.78, 5) is 7.61. The first-order chi connectivity index (χ1) is 10.2. The Labute approximate surface area is 122 Å². The lowest BCUT2D eigenvalue weighted by Crippen LogP contribution is -1.92. The average molecular weight is 277 g/mol. The zero-order chi connectivity index (χ0) is 14.8. The molecule has 0 aliphatic rings. The molecule has 0 bridgehead atoms. The van der Waals surface area contributed by atoms with E-state index in [1.807, 2.05) is 43.3 Å². The number of nitrogens with one attached hydrogen (secondary N) is 1. The predicted molar refractivity (Wildman–Crippen MR) is 81.5 cm³/mol. The van der Waals surface area contributed by atoms with Crippen LogP contribution in [0.15, 0.2) is 36.4 Å². The monoisotopic (exact) mass is 277 g/mol. The van der Waals surface area contributed by atoms with Gasteiger partial charge in [-0.2, -0.15) is 5.26 Å². The average Bonchev–Trinajstić information content (AvgIpc) is 2.86. The number of nitrogens with zero attached hydrogens (tertiary/aromatic N) is 2. The number of hydrogen-bond acceptors (Lipinski definition) is 3. The molecule has 1 heterocycles. The minimum absolute atomic E-state index is 0.0256. The summed E-state index contributed by atoms with van der Waals surface area (Å²) in [5, 5.41) is 18.4. The van der Waals surface area contributed by atoms with Gasteiger partial charge in [0, 0.05) is 0 Å². The maximum atomic E-state index is 9.53. The molecular weight excluding hydrogens is 262 g/mol. The van der Waals surface area contributed by atoms with Crippen LogP contribution in [0.25, 0.3) is 22.2 Å². The van der Waals surface area contributed by atoms with E-state index in [1.54, 1.807) is 0 Å². The van der Waals surface area contributed by atoms with Gasteiger partial charge >= 0.3 is 0 Å². The standard InChI is InChI=1S/C17H15N3O/c1-11-19-16-5-4-13(9-17(16)20-11)15-8-12(6-7-18)2-3-14(15)10-21/h2-5,8-9,21H,6,10H2,1H3,(H,19,20). The van der Waals surface area contributed by atoms with Crippen LogP contribution in [-0.4, -0.2) is 15.1 Å². The van der Waals surface area contributed by atoms with Gasteiger partial charge in [-0.15, -0.1) is 0 Å². The van der Waals surface area contributed by atoms with Crippen LogP contribution in [0.1, 0.15) is 17.0 Å². The van der Waals surface area contributed by atoms with E-state index in [0.717, 1.165) is 39.1 Å². The highest BCUT2D eigenvalue weighted by Gasteiger charge is 2.08. The molecule has 104 valence electrons. The Morgan fingerprint density at radius 2 is 2.10 bits per heavy atom. The fourth-order valence-corrected chi connectivity index (χ4v) is 2.54. The third kappa shape index (κ3) is 2.51. The van der Waals surface area contributed by atoms with E-state index in [0.29, 0.717) is 6.42 Å². The van der Waals surface area contributed by atoms with Crippen molar-refractivity contribution in [2.45, 2.75) is 20.0 Å². The van der Waals surface area contributed by atoms with Crippen molar-refractivity contribution in [3.8, 4) is 17.2 Å². The lowest BCUT2D eigenvalue weighted by atomic mass is 9.96. The summed E-state index contributed by atoms with van der Waals surface area (Å²) in [6.45, 7) is 1.90. The Balaban J connectivity index is 2.15. The van der Waals surface area contributed by atoms with Crippen molar-refractivity contribution < 1.29 is 5.11 Å². The SMILES string of the molecule is Cc1nc2ccc(-c3cc(CC#N)ccc3CO)cc2[nH]1. The largest absolute Gasteiger partial charge is 0.392 e. The molecule has 1 aromatic heterocycles. The zero-order valence-corrected chi connectivity index (χ0v) is 11.7. The predicted octanol–water partition coefficient (Wildman–Crippen LogP) is 3.10. The fourth-order valence-electron chi connectivity index (χ4n) is 2.54. The molecule has 2 N–H and O–H groups in total. The molecule has 4 heteroatoms. The molecule has 0 atom stereocenters. The second kappa shape index (κ2) is 5.39. The van der Waals surface area contributed by atoms with Gasteiger partial charge in [-0.05, 0) is 47.4 Å². The van der Waals surface area contributed by atoms with Gasteiger partial charge in [-0.1, -0.05) is 18.2 Å². The van der Waals surface area contributed by atoms with Crippen LogP contribution in [0.2, 0.25) is 0 Å². The van der Waals surface area contributed by atoms with E-state index >= 15 is 0 Å². The number of aryl methyl sites for hydroxylation is 1. The van der Waals surface area contributed by atoms with Crippen LogP contribution in [-0.2, 0) is 13.0 Å². The first-order valence-electron chi connectivity index (χ1n) is 6.77. The molecule has 0 unspecified atom stereocenters. The molecule has 0 saturated carbocycles. The second-order valence-electron chi connectivity index (χ2n) is 5.04. The number of benzene rings is 2. The smallest absolute Gasteiger partial charge is 0.104 e. The van der Waals surface area contributed by atoms with Gasteiger partial charge in [0.25, 0.3) is 0 Å². The molecule has 0 saturated heterocycles. The maximum absolute atomic E-state index is 9.53. The Kier molecular flexibility index (Phi) is 3.43. The van der Waals surface area contributed by atoms with Crippen LogP contribution < -0.4 is 0 Å². The lowest BCUT2D eigenvalue weighted by Gasteiger charge is -2.09. The number of rotatable bonds is 3. The van der Waals surface area contributed by atoms with Crippen molar-refractivity contribution >= 4 is 11.0 Å². The Morgan fingerprint density at radius 3 is 2.86 bits per heavy atom. The van der Waals surface area contributed by atoms with E-state index < -0.39 is 0 Å². The highest BCUT2D eigenvalue weighted by Crippen LogP contribution is 2.28. The molecule has 3 rings (SSSR count). The highest BCUT2D eigenvalue weighted by atomic mass is 16.3. The van der Waals surface area contributed by atoms with Gasteiger partial charge in [0.05, 0.1) is 30.1 Å². The molecule has 0 radical (unpaired) electrons. The molecule has 21 heavy (non-hydrogen) atoms. The summed E-state index contributed by atoms with van der Waals surface area (Å²) in [6.07, 6.45) is 0.365. The number of aromatic amines is 1. The first kappa shape index (κ1) is 13.3. The zero-order valence-electron chi connectivity index (χ0n) is 11.7. The normalized spacial score (nSPS) is 10.7. The number of aliphatic hydroxyl groups is 1. The number of aromatic nitrogens is 2. The minimum atomic E-state index is -0.0256. The summed E-state index contributed by atoms with van der Waals surface area (Å²) in [7, 11) is 0. The summed E-state index contributed by atoms with van der Waals surface area (Å²) < 4.78 is 0. The topological polar surface area (TPSA) is 72.7 Å². The molecule has 0 amide bonds. The summed E-state index contributed by atoms with van der Waals surface area (Å²) in [5.74, 6) is 0.878. The number of imidazole rings is 1. The fraction of sp³-hybridized carbons (Fsp3) is 0.176. The van der Waals surface area contributed by atoms with Crippen molar-refractivity contribution in [3.63, 3.8) is 0 Å². The van der Waals surface area contributed by atoms with Crippen molar-refractivity contribution in [1.82, 2.24) is 9.97 Å². The third-order valence-electron chi connectivity index (χ3n) is 3.54. The van der Waals surface area contributed by atoms with Crippen molar-refractivity contribution in [3.05, 3.63) is 53.3 Å². The summed E-state index contributed by atoms with van der Waals surface area (Å²) in [6, 6.07) is 13.9. The van der Waals surface area contributed by atoms with Gasteiger partial charge in [0.2, 0.25) is 0 Å². The molecule has 0 fully saturated rings. The van der Waals surface area contributed by atoms with E-state index in [1.165, 1.54) is 0 Å². The number of H-pyrrole nitrogens is 1. The number of nitriles is 1. The van der Waals surface area contributed by atoms with Gasteiger partial charge in [0.15, 0.2) is 0 Å². The molecule has 0 spiro atoms. The molecule has 3 aromatic rings. The summed E-state index contributed by atoms with van der Waals surface area (Å²) in [5.41, 5.74) is 5.67. The van der Waals surface area contributed by atoms with Crippen molar-refractivity contribution in [1.29, 1.82) is 5.26 Å². The van der Waals surface area contributed by atoms with E-state index in [-0.39, 0.29) is 6.61 Å². The molecule has 0 aliphatic heterocycles. The Morgan fingerprint density at radius 1 is 1.24 bits per heavy atom. The van der Waals surface area contributed by atoms with Crippen molar-refractivity contribution in [2.75, 3.05) is 0 Å². The number of aliphatic hydroxyl groups excluding tert-OH is 1. The van der Waals surface area contributed by atoms with Crippen LogP contribution in [0.4, 0.5) is 0 Å². The Bertz CT molecular complexity index is 843. The van der Waals surface area contributed by atoms with Gasteiger partial charge in [-0.25, -0.2) is 4.98 Å². The van der Waals surface area contributed by atoms with E-state index in [9.17, 15) is 5.11 Å². The van der Waals surface area contributed by atoms with Crippen LogP contribution in [0.5, 0.6) is 0 Å². The van der Waals surface area contributed by atoms with E-state index in [2.05, 4.69) is 16.0 Å². The highest BCUT2D eigenvalue weighted by molar-refractivity contribution is 5.83. The summed E-state index contributed by atoms with van der Waals surface area (Å²) >= 11 is 0. The molecular formula is C17H15N3O. The molecule has 4 nitrogen and oxygen atoms in total. The number of fused-ring (bicyclic) bond motifs is 1. The van der Waals surface area contributed by atoms with Gasteiger partial charge in [-0.3, -0.25) is 0 Å². The maximum Gasteiger partial charge on any atom is 0.104 e. The minimum Gasteiger partial charge on any atom is -0.392 e. The molecule has 0 aliphatic carbocycles. The third-order valence-corrected chi connectivity index (χ3v) is 3.54. The Hall–Kier alpha value is -2.64. The van der Waals surface area contributed by atoms with Crippen molar-refractivity contribution in [2.24, 2.45) is 0 Å². The molecule has 2 aromatic carbocycles. The van der Waals surface area contributed by atoms with Crippen LogP contribution in [0, 0.1) is 18.3 Å².